The van der Waals surface area contributed by atoms with Crippen molar-refractivity contribution in [2.45, 2.75) is 0 Å². The van der Waals surface area contributed by atoms with Gasteiger partial charge >= 0.3 is 0 Å². The van der Waals surface area contributed by atoms with Gasteiger partial charge in [0.05, 0.1) is 33.1 Å². The number of hydrogen-bond donors (Lipinski definition) is 1. The highest BCUT2D eigenvalue weighted by Gasteiger charge is 2.13. The molecule has 1 heterocycles. The van der Waals surface area contributed by atoms with Crippen LogP contribution >= 0.6 is 15.9 Å². The Morgan fingerprint density at radius 3 is 3.00 bits per heavy atom. The van der Waals surface area contributed by atoms with Gasteiger partial charge in [0.2, 0.25) is 0 Å². The molecule has 0 bridgehead atoms. The number of carbonyl (C=O) groups is 1. The lowest BCUT2D eigenvalue weighted by Crippen LogP contribution is -2.42. The predicted molar refractivity (Wildman–Crippen MR) is 83.7 cm³/mol. The van der Waals surface area contributed by atoms with E-state index in [1.807, 2.05) is 23.1 Å². The topological polar surface area (TPSA) is 63.2 Å². The Labute approximate surface area is 132 Å². The number of morpholine rings is 1. The maximum absolute atomic E-state index is 11.8. The van der Waals surface area contributed by atoms with Crippen LogP contribution in [0.4, 0.5) is 0 Å². The van der Waals surface area contributed by atoms with Gasteiger partial charge in [0, 0.05) is 23.1 Å². The van der Waals surface area contributed by atoms with Gasteiger partial charge in [0.15, 0.2) is 0 Å². The molecule has 0 aliphatic carbocycles. The van der Waals surface area contributed by atoms with Crippen LogP contribution in [0.5, 0.6) is 5.75 Å². The van der Waals surface area contributed by atoms with E-state index >= 15 is 0 Å². The van der Waals surface area contributed by atoms with Gasteiger partial charge in [-0.1, -0.05) is 15.9 Å². The van der Waals surface area contributed by atoms with Gasteiger partial charge in [-0.2, -0.15) is 5.10 Å². The van der Waals surface area contributed by atoms with Gasteiger partial charge in [-0.25, -0.2) is 5.43 Å². The number of nitrogens with zero attached hydrogens (tertiary/aromatic N) is 2. The van der Waals surface area contributed by atoms with Crippen molar-refractivity contribution in [1.29, 1.82) is 0 Å². The first-order valence-electron chi connectivity index (χ1n) is 6.64. The number of amides is 1. The van der Waals surface area contributed by atoms with Gasteiger partial charge in [0.25, 0.3) is 5.91 Å². The van der Waals surface area contributed by atoms with Crippen molar-refractivity contribution in [2.75, 3.05) is 40.0 Å². The minimum Gasteiger partial charge on any atom is -0.496 e. The molecule has 1 aromatic carbocycles. The molecule has 7 heteroatoms. The fraction of sp³-hybridized carbons (Fsp3) is 0.429. The van der Waals surface area contributed by atoms with E-state index in [-0.39, 0.29) is 5.91 Å². The van der Waals surface area contributed by atoms with Crippen molar-refractivity contribution in [3.63, 3.8) is 0 Å². The molecular weight excluding hydrogens is 338 g/mol. The van der Waals surface area contributed by atoms with Gasteiger partial charge in [-0.3, -0.25) is 9.69 Å². The number of ether oxygens (including phenoxy) is 2. The van der Waals surface area contributed by atoms with Crippen LogP contribution in [0.2, 0.25) is 0 Å². The molecule has 6 nitrogen and oxygen atoms in total. The molecule has 1 fully saturated rings. The first kappa shape index (κ1) is 15.9. The monoisotopic (exact) mass is 355 g/mol. The SMILES string of the molecule is COc1ccc(Br)cc1/C=N\NC(=O)CN1CCOCC1. The summed E-state index contributed by atoms with van der Waals surface area (Å²) in [6.07, 6.45) is 1.57. The van der Waals surface area contributed by atoms with E-state index in [2.05, 4.69) is 26.5 Å². The molecule has 1 aromatic rings. The number of benzene rings is 1. The number of hydrogen-bond acceptors (Lipinski definition) is 5. The Morgan fingerprint density at radius 1 is 1.52 bits per heavy atom. The van der Waals surface area contributed by atoms with Crippen LogP contribution in [0, 0.1) is 0 Å². The minimum atomic E-state index is -0.137. The van der Waals surface area contributed by atoms with Crippen LogP contribution in [0.15, 0.2) is 27.8 Å². The van der Waals surface area contributed by atoms with E-state index in [0.29, 0.717) is 25.5 Å². The molecule has 1 N–H and O–H groups in total. The normalized spacial score (nSPS) is 16.1. The van der Waals surface area contributed by atoms with E-state index in [0.717, 1.165) is 23.1 Å². The summed E-state index contributed by atoms with van der Waals surface area (Å²) in [6, 6.07) is 5.59. The van der Waals surface area contributed by atoms with Crippen molar-refractivity contribution in [1.82, 2.24) is 10.3 Å². The van der Waals surface area contributed by atoms with Crippen LogP contribution in [0.1, 0.15) is 5.56 Å². The summed E-state index contributed by atoms with van der Waals surface area (Å²) in [6.45, 7) is 3.22. The molecule has 0 unspecified atom stereocenters. The summed E-state index contributed by atoms with van der Waals surface area (Å²) in [7, 11) is 1.59. The molecule has 0 saturated carbocycles. The Balaban J connectivity index is 1.86. The van der Waals surface area contributed by atoms with Crippen molar-refractivity contribution in [3.05, 3.63) is 28.2 Å². The lowest BCUT2D eigenvalue weighted by Gasteiger charge is -2.25. The summed E-state index contributed by atoms with van der Waals surface area (Å²) in [5, 5.41) is 3.97. The molecule has 1 amide bonds. The molecular formula is C14H18BrN3O3. The van der Waals surface area contributed by atoms with E-state index in [4.69, 9.17) is 9.47 Å². The Hall–Kier alpha value is -1.44. The van der Waals surface area contributed by atoms with Crippen LogP contribution in [-0.4, -0.2) is 57.0 Å². The maximum Gasteiger partial charge on any atom is 0.254 e. The third-order valence-electron chi connectivity index (χ3n) is 3.06. The highest BCUT2D eigenvalue weighted by Crippen LogP contribution is 2.21. The molecule has 1 saturated heterocycles. The minimum absolute atomic E-state index is 0.137. The Morgan fingerprint density at radius 2 is 2.29 bits per heavy atom. The highest BCUT2D eigenvalue weighted by molar-refractivity contribution is 9.10. The molecule has 2 rings (SSSR count). The van der Waals surface area contributed by atoms with Crippen molar-refractivity contribution in [3.8, 4) is 5.75 Å². The molecule has 114 valence electrons. The number of carbonyl (C=O) groups excluding carboxylic acids is 1. The molecule has 21 heavy (non-hydrogen) atoms. The summed E-state index contributed by atoms with van der Waals surface area (Å²) in [5.41, 5.74) is 3.32. The third kappa shape index (κ3) is 5.11. The fourth-order valence-corrected chi connectivity index (χ4v) is 2.36. The highest BCUT2D eigenvalue weighted by atomic mass is 79.9. The lowest BCUT2D eigenvalue weighted by atomic mass is 10.2. The van der Waals surface area contributed by atoms with Crippen LogP contribution < -0.4 is 10.2 Å². The molecule has 1 aliphatic rings. The van der Waals surface area contributed by atoms with Crippen LogP contribution in [0.3, 0.4) is 0 Å². The second kappa shape index (κ2) is 8.11. The van der Waals surface area contributed by atoms with E-state index in [9.17, 15) is 4.79 Å². The maximum atomic E-state index is 11.8. The molecule has 0 atom stereocenters. The molecule has 0 radical (unpaired) electrons. The second-order valence-corrected chi connectivity index (χ2v) is 5.48. The largest absolute Gasteiger partial charge is 0.496 e. The second-order valence-electron chi connectivity index (χ2n) is 4.57. The lowest BCUT2D eigenvalue weighted by molar-refractivity contribution is -0.123. The number of methoxy groups -OCH3 is 1. The van der Waals surface area contributed by atoms with Crippen LogP contribution in [-0.2, 0) is 9.53 Å². The summed E-state index contributed by atoms with van der Waals surface area (Å²) < 4.78 is 11.4. The predicted octanol–water partition coefficient (Wildman–Crippen LogP) is 1.24. The first-order valence-corrected chi connectivity index (χ1v) is 7.44. The summed E-state index contributed by atoms with van der Waals surface area (Å²) in [5.74, 6) is 0.562. The number of rotatable bonds is 5. The summed E-state index contributed by atoms with van der Waals surface area (Å²) in [4.78, 5) is 13.8. The zero-order valence-corrected chi connectivity index (χ0v) is 13.4. The van der Waals surface area contributed by atoms with Gasteiger partial charge < -0.3 is 9.47 Å². The zero-order valence-electron chi connectivity index (χ0n) is 11.8. The number of nitrogens with one attached hydrogen (secondary N) is 1. The van der Waals surface area contributed by atoms with E-state index < -0.39 is 0 Å². The van der Waals surface area contributed by atoms with Crippen LogP contribution in [0.25, 0.3) is 0 Å². The van der Waals surface area contributed by atoms with E-state index in [1.165, 1.54) is 0 Å². The number of hydrazone groups is 1. The van der Waals surface area contributed by atoms with E-state index in [1.54, 1.807) is 13.3 Å². The molecule has 0 spiro atoms. The quantitative estimate of drug-likeness (QED) is 0.637. The molecule has 1 aliphatic heterocycles. The van der Waals surface area contributed by atoms with Gasteiger partial charge in [0.1, 0.15) is 5.75 Å². The average molecular weight is 356 g/mol. The first-order chi connectivity index (χ1) is 10.2. The smallest absolute Gasteiger partial charge is 0.254 e. The Bertz CT molecular complexity index is 516. The number of halogens is 1. The van der Waals surface area contributed by atoms with Gasteiger partial charge in [-0.15, -0.1) is 0 Å². The average Bonchev–Trinajstić information content (AvgIpc) is 2.48. The standard InChI is InChI=1S/C14H18BrN3O3/c1-20-13-3-2-12(15)8-11(13)9-16-17-14(19)10-18-4-6-21-7-5-18/h2-3,8-9H,4-7,10H2,1H3,(H,17,19)/b16-9-. The van der Waals surface area contributed by atoms with Crippen molar-refractivity contribution < 1.29 is 14.3 Å². The van der Waals surface area contributed by atoms with Gasteiger partial charge in [-0.05, 0) is 18.2 Å². The molecule has 0 aromatic heterocycles. The van der Waals surface area contributed by atoms with Crippen molar-refractivity contribution >= 4 is 28.1 Å². The third-order valence-corrected chi connectivity index (χ3v) is 3.55. The summed E-state index contributed by atoms with van der Waals surface area (Å²) >= 11 is 3.39. The Kier molecular flexibility index (Phi) is 6.16. The van der Waals surface area contributed by atoms with Crippen molar-refractivity contribution in [2.24, 2.45) is 5.10 Å². The fourth-order valence-electron chi connectivity index (χ4n) is 1.98. The zero-order chi connectivity index (χ0) is 15.1.